The molecule has 0 aromatic carbocycles. The Bertz CT molecular complexity index is 719. The first kappa shape index (κ1) is 18.8. The highest BCUT2D eigenvalue weighted by atomic mass is 79.9. The molecule has 2 heterocycles. The summed E-state index contributed by atoms with van der Waals surface area (Å²) in [6.07, 6.45) is 7.02. The number of hydrogen-bond acceptors (Lipinski definition) is 4. The van der Waals surface area contributed by atoms with Crippen LogP contribution in [0.1, 0.15) is 33.1 Å². The molecule has 2 aliphatic rings. The molecule has 26 heavy (non-hydrogen) atoms. The zero-order chi connectivity index (χ0) is 18.8. The van der Waals surface area contributed by atoms with Gasteiger partial charge in [-0.05, 0) is 53.2 Å². The number of nitrogens with zero attached hydrogens (tertiary/aromatic N) is 2. The van der Waals surface area contributed by atoms with E-state index in [9.17, 15) is 14.4 Å². The molecule has 3 amide bonds. The van der Waals surface area contributed by atoms with Gasteiger partial charge in [-0.1, -0.05) is 26.0 Å². The van der Waals surface area contributed by atoms with Gasteiger partial charge >= 0.3 is 0 Å². The van der Waals surface area contributed by atoms with Gasteiger partial charge in [-0.2, -0.15) is 0 Å². The zero-order valence-electron chi connectivity index (χ0n) is 14.8. The average Bonchev–Trinajstić information content (AvgIpc) is 2.86. The molecule has 1 saturated heterocycles. The lowest BCUT2D eigenvalue weighted by Gasteiger charge is -2.27. The van der Waals surface area contributed by atoms with E-state index >= 15 is 0 Å². The summed E-state index contributed by atoms with van der Waals surface area (Å²) in [5.41, 5.74) is 0. The molecule has 3 unspecified atom stereocenters. The molecule has 0 radical (unpaired) electrons. The second-order valence-corrected chi connectivity index (χ2v) is 8.11. The molecule has 138 valence electrons. The molecular formula is C19H22BrN3O3. The van der Waals surface area contributed by atoms with Gasteiger partial charge in [0, 0.05) is 10.7 Å². The summed E-state index contributed by atoms with van der Waals surface area (Å²) in [4.78, 5) is 43.9. The summed E-state index contributed by atoms with van der Waals surface area (Å²) in [5.74, 6) is -0.943. The van der Waals surface area contributed by atoms with Crippen molar-refractivity contribution < 1.29 is 14.4 Å². The number of imide groups is 1. The number of likely N-dealkylation sites (tertiary alicyclic amines) is 1. The summed E-state index contributed by atoms with van der Waals surface area (Å²) in [7, 11) is 0. The third kappa shape index (κ3) is 3.72. The number of anilines is 1. The van der Waals surface area contributed by atoms with E-state index in [0.29, 0.717) is 25.1 Å². The minimum atomic E-state index is -0.814. The Labute approximate surface area is 161 Å². The van der Waals surface area contributed by atoms with Gasteiger partial charge in [0.05, 0.1) is 11.8 Å². The van der Waals surface area contributed by atoms with Crippen LogP contribution >= 0.6 is 15.9 Å². The van der Waals surface area contributed by atoms with Gasteiger partial charge < -0.3 is 5.32 Å². The summed E-state index contributed by atoms with van der Waals surface area (Å²) >= 11 is 3.30. The van der Waals surface area contributed by atoms with Crippen molar-refractivity contribution >= 4 is 39.5 Å². The molecule has 1 aliphatic carbocycles. The van der Waals surface area contributed by atoms with E-state index in [1.807, 2.05) is 26.0 Å². The van der Waals surface area contributed by atoms with Gasteiger partial charge in [-0.3, -0.25) is 19.3 Å². The quantitative estimate of drug-likeness (QED) is 0.587. The zero-order valence-corrected chi connectivity index (χ0v) is 16.4. The van der Waals surface area contributed by atoms with E-state index in [-0.39, 0.29) is 35.5 Å². The van der Waals surface area contributed by atoms with Crippen molar-refractivity contribution in [3.63, 3.8) is 0 Å². The van der Waals surface area contributed by atoms with Crippen LogP contribution in [-0.2, 0) is 14.4 Å². The largest absolute Gasteiger partial charge is 0.309 e. The van der Waals surface area contributed by atoms with Crippen LogP contribution < -0.4 is 5.32 Å². The molecule has 1 aromatic rings. The number of pyridine rings is 1. The van der Waals surface area contributed by atoms with Crippen molar-refractivity contribution in [1.29, 1.82) is 0 Å². The second-order valence-electron chi connectivity index (χ2n) is 7.20. The minimum Gasteiger partial charge on any atom is -0.309 e. The maximum Gasteiger partial charge on any atom is 0.248 e. The molecule has 0 saturated carbocycles. The third-order valence-corrected chi connectivity index (χ3v) is 5.30. The number of carbonyl (C=O) groups is 3. The molecule has 6 nitrogen and oxygen atoms in total. The van der Waals surface area contributed by atoms with Crippen molar-refractivity contribution in [2.75, 3.05) is 5.32 Å². The lowest BCUT2D eigenvalue weighted by atomic mass is 9.85. The summed E-state index contributed by atoms with van der Waals surface area (Å²) in [5, 5.41) is 2.74. The van der Waals surface area contributed by atoms with Gasteiger partial charge in [-0.25, -0.2) is 4.98 Å². The maximum absolute atomic E-state index is 12.9. The van der Waals surface area contributed by atoms with Gasteiger partial charge in [0.15, 0.2) is 0 Å². The fourth-order valence-corrected chi connectivity index (χ4v) is 3.80. The molecule has 1 N–H and O–H groups in total. The second kappa shape index (κ2) is 7.70. The van der Waals surface area contributed by atoms with Crippen molar-refractivity contribution in [3.05, 3.63) is 35.0 Å². The lowest BCUT2D eigenvalue weighted by molar-refractivity contribution is -0.147. The fourth-order valence-electron chi connectivity index (χ4n) is 3.57. The van der Waals surface area contributed by atoms with Gasteiger partial charge in [0.1, 0.15) is 11.9 Å². The Balaban J connectivity index is 1.83. The van der Waals surface area contributed by atoms with Gasteiger partial charge in [-0.15, -0.1) is 0 Å². The topological polar surface area (TPSA) is 79.4 Å². The Hall–Kier alpha value is -2.02. The first-order valence-electron chi connectivity index (χ1n) is 8.82. The maximum atomic E-state index is 12.9. The van der Waals surface area contributed by atoms with Crippen LogP contribution in [0.5, 0.6) is 0 Å². The number of aromatic nitrogens is 1. The number of fused-ring (bicyclic) bond motifs is 1. The lowest BCUT2D eigenvalue weighted by Crippen LogP contribution is -2.48. The molecule has 1 fully saturated rings. The number of nitrogens with one attached hydrogen (secondary N) is 1. The molecule has 0 spiro atoms. The highest BCUT2D eigenvalue weighted by Gasteiger charge is 2.51. The van der Waals surface area contributed by atoms with Crippen LogP contribution in [0.4, 0.5) is 5.82 Å². The normalized spacial score (nSPS) is 23.3. The number of amides is 3. The van der Waals surface area contributed by atoms with Crippen LogP contribution in [0, 0.1) is 17.8 Å². The minimum absolute atomic E-state index is 0.157. The summed E-state index contributed by atoms with van der Waals surface area (Å²) in [6, 6.07) is 2.63. The van der Waals surface area contributed by atoms with E-state index < -0.39 is 6.04 Å². The van der Waals surface area contributed by atoms with Crippen LogP contribution in [0.2, 0.25) is 0 Å². The summed E-state index contributed by atoms with van der Waals surface area (Å²) in [6.45, 7) is 3.94. The van der Waals surface area contributed by atoms with Crippen LogP contribution in [0.25, 0.3) is 0 Å². The molecule has 3 atom stereocenters. The monoisotopic (exact) mass is 419 g/mol. The van der Waals surface area contributed by atoms with Crippen molar-refractivity contribution in [2.45, 2.75) is 39.2 Å². The Morgan fingerprint density at radius 1 is 1.23 bits per heavy atom. The highest BCUT2D eigenvalue weighted by molar-refractivity contribution is 9.10. The van der Waals surface area contributed by atoms with Crippen molar-refractivity contribution in [2.24, 2.45) is 17.8 Å². The van der Waals surface area contributed by atoms with Crippen molar-refractivity contribution in [1.82, 2.24) is 9.88 Å². The van der Waals surface area contributed by atoms with E-state index in [0.717, 1.165) is 4.47 Å². The number of hydrogen-bond donors (Lipinski definition) is 1. The smallest absolute Gasteiger partial charge is 0.248 e. The van der Waals surface area contributed by atoms with Crippen LogP contribution in [0.15, 0.2) is 35.0 Å². The third-order valence-electron chi connectivity index (χ3n) is 4.83. The fraction of sp³-hybridized carbons (Fsp3) is 0.474. The summed E-state index contributed by atoms with van der Waals surface area (Å²) < 4.78 is 0.802. The molecule has 1 aliphatic heterocycles. The number of halogens is 1. The highest BCUT2D eigenvalue weighted by Crippen LogP contribution is 2.37. The number of carbonyl (C=O) groups excluding carboxylic acids is 3. The van der Waals surface area contributed by atoms with Crippen LogP contribution in [0.3, 0.4) is 0 Å². The van der Waals surface area contributed by atoms with Gasteiger partial charge in [0.25, 0.3) is 0 Å². The molecular weight excluding hydrogens is 398 g/mol. The SMILES string of the molecule is CC(C)CC(C(=O)Nc1ccc(Br)cn1)N1C(=O)C2CC=CCC2C1=O. The molecule has 7 heteroatoms. The molecule has 3 rings (SSSR count). The van der Waals surface area contributed by atoms with Crippen LogP contribution in [-0.4, -0.2) is 33.6 Å². The molecule has 1 aromatic heterocycles. The van der Waals surface area contributed by atoms with Gasteiger partial charge in [0.2, 0.25) is 17.7 Å². The predicted molar refractivity (Wildman–Crippen MR) is 101 cm³/mol. The molecule has 0 bridgehead atoms. The number of rotatable bonds is 5. The van der Waals surface area contributed by atoms with E-state index in [4.69, 9.17) is 0 Å². The standard InChI is InChI=1S/C19H22BrN3O3/c1-11(2)9-15(17(24)22-16-8-7-12(20)10-21-16)23-18(25)13-5-3-4-6-14(13)19(23)26/h3-4,7-8,10-11,13-15H,5-6,9H2,1-2H3,(H,21,22,24). The Morgan fingerprint density at radius 2 is 1.85 bits per heavy atom. The average molecular weight is 420 g/mol. The predicted octanol–water partition coefficient (Wildman–Crippen LogP) is 3.15. The van der Waals surface area contributed by atoms with E-state index in [1.54, 1.807) is 18.3 Å². The van der Waals surface area contributed by atoms with E-state index in [2.05, 4.69) is 26.2 Å². The first-order valence-corrected chi connectivity index (χ1v) is 9.62. The van der Waals surface area contributed by atoms with E-state index in [1.165, 1.54) is 4.90 Å². The number of allylic oxidation sites excluding steroid dienone is 2. The van der Waals surface area contributed by atoms with Crippen molar-refractivity contribution in [3.8, 4) is 0 Å². The Kier molecular flexibility index (Phi) is 5.55. The first-order chi connectivity index (χ1) is 12.4. The Morgan fingerprint density at radius 3 is 2.35 bits per heavy atom.